The zero-order valence-corrected chi connectivity index (χ0v) is 10.4. The van der Waals surface area contributed by atoms with E-state index in [1.165, 1.54) is 0 Å². The summed E-state index contributed by atoms with van der Waals surface area (Å²) in [5.74, 6) is 1.82. The average Bonchev–Trinajstić information content (AvgIpc) is 2.90. The van der Waals surface area contributed by atoms with Crippen LogP contribution >= 0.6 is 0 Å². The molecule has 0 radical (unpaired) electrons. The van der Waals surface area contributed by atoms with Crippen LogP contribution in [0.2, 0.25) is 0 Å². The van der Waals surface area contributed by atoms with E-state index in [4.69, 9.17) is 4.52 Å². The Hall–Kier alpha value is -1.75. The van der Waals surface area contributed by atoms with Gasteiger partial charge in [-0.25, -0.2) is 0 Å². The number of hydrogen-bond acceptors (Lipinski definition) is 5. The van der Waals surface area contributed by atoms with E-state index in [1.807, 2.05) is 19.1 Å². The van der Waals surface area contributed by atoms with E-state index in [-0.39, 0.29) is 0 Å². The minimum absolute atomic E-state index is 0.417. The van der Waals surface area contributed by atoms with Crippen LogP contribution in [0, 0.1) is 6.92 Å². The monoisotopic (exact) mass is 244 g/mol. The summed E-state index contributed by atoms with van der Waals surface area (Å²) in [5.41, 5.74) is 1.84. The molecule has 1 fully saturated rings. The van der Waals surface area contributed by atoms with Gasteiger partial charge in [0.2, 0.25) is 0 Å². The first-order valence-electron chi connectivity index (χ1n) is 6.31. The maximum atomic E-state index is 5.36. The fourth-order valence-corrected chi connectivity index (χ4v) is 2.30. The van der Waals surface area contributed by atoms with Crippen molar-refractivity contribution in [1.82, 2.24) is 20.4 Å². The molecule has 2 aromatic heterocycles. The van der Waals surface area contributed by atoms with E-state index >= 15 is 0 Å². The Kier molecular flexibility index (Phi) is 3.06. The molecule has 94 valence electrons. The van der Waals surface area contributed by atoms with Gasteiger partial charge in [0.15, 0.2) is 5.82 Å². The van der Waals surface area contributed by atoms with E-state index in [9.17, 15) is 0 Å². The lowest BCUT2D eigenvalue weighted by Gasteiger charge is -2.18. The second-order valence-electron chi connectivity index (χ2n) is 4.62. The Labute approximate surface area is 106 Å². The Morgan fingerprint density at radius 1 is 1.33 bits per heavy atom. The van der Waals surface area contributed by atoms with Crippen molar-refractivity contribution in [3.63, 3.8) is 0 Å². The molecule has 2 aromatic rings. The van der Waals surface area contributed by atoms with E-state index in [0.717, 1.165) is 43.0 Å². The number of nitrogens with one attached hydrogen (secondary N) is 1. The third-order valence-electron chi connectivity index (χ3n) is 3.38. The molecular formula is C13H16N4O. The maximum Gasteiger partial charge on any atom is 0.259 e. The summed E-state index contributed by atoms with van der Waals surface area (Å²) < 4.78 is 5.36. The first-order valence-corrected chi connectivity index (χ1v) is 6.31. The summed E-state index contributed by atoms with van der Waals surface area (Å²) in [6.07, 6.45) is 3.92. The van der Waals surface area contributed by atoms with Crippen molar-refractivity contribution in [1.29, 1.82) is 0 Å². The molecular weight excluding hydrogens is 228 g/mol. The fourth-order valence-electron chi connectivity index (χ4n) is 2.30. The van der Waals surface area contributed by atoms with Crippen LogP contribution in [0.4, 0.5) is 0 Å². The van der Waals surface area contributed by atoms with Crippen LogP contribution in [-0.4, -0.2) is 28.2 Å². The standard InChI is InChI=1S/C13H16N4O/c1-9-11(3-2-6-15-9)13-16-12(17-18-13)10-4-7-14-8-5-10/h2-3,6,10,14H,4-5,7-8H2,1H3. The van der Waals surface area contributed by atoms with E-state index in [0.29, 0.717) is 11.8 Å². The topological polar surface area (TPSA) is 63.8 Å². The number of rotatable bonds is 2. The normalized spacial score (nSPS) is 16.9. The van der Waals surface area contributed by atoms with Gasteiger partial charge in [-0.1, -0.05) is 5.16 Å². The van der Waals surface area contributed by atoms with Crippen LogP contribution < -0.4 is 5.32 Å². The van der Waals surface area contributed by atoms with Gasteiger partial charge in [-0.15, -0.1) is 0 Å². The lowest BCUT2D eigenvalue weighted by Crippen LogP contribution is -2.27. The Morgan fingerprint density at radius 2 is 2.17 bits per heavy atom. The second-order valence-corrected chi connectivity index (χ2v) is 4.62. The molecule has 3 rings (SSSR count). The van der Waals surface area contributed by atoms with Gasteiger partial charge in [0, 0.05) is 17.8 Å². The summed E-state index contributed by atoms with van der Waals surface area (Å²) in [4.78, 5) is 8.76. The maximum absolute atomic E-state index is 5.36. The van der Waals surface area contributed by atoms with E-state index < -0.39 is 0 Å². The molecule has 0 bridgehead atoms. The minimum Gasteiger partial charge on any atom is -0.334 e. The largest absolute Gasteiger partial charge is 0.334 e. The lowest BCUT2D eigenvalue weighted by molar-refractivity contribution is 0.392. The van der Waals surface area contributed by atoms with Gasteiger partial charge in [-0.3, -0.25) is 4.98 Å². The van der Waals surface area contributed by atoms with Gasteiger partial charge < -0.3 is 9.84 Å². The van der Waals surface area contributed by atoms with Crippen molar-refractivity contribution in [2.75, 3.05) is 13.1 Å². The van der Waals surface area contributed by atoms with Gasteiger partial charge in [-0.2, -0.15) is 4.98 Å². The molecule has 5 nitrogen and oxygen atoms in total. The van der Waals surface area contributed by atoms with Crippen molar-refractivity contribution >= 4 is 0 Å². The van der Waals surface area contributed by atoms with Crippen LogP contribution in [0.15, 0.2) is 22.9 Å². The Balaban J connectivity index is 1.87. The number of aryl methyl sites for hydroxylation is 1. The van der Waals surface area contributed by atoms with Crippen LogP contribution in [-0.2, 0) is 0 Å². The molecule has 0 spiro atoms. The first kappa shape index (κ1) is 11.3. The molecule has 0 amide bonds. The van der Waals surface area contributed by atoms with Crippen molar-refractivity contribution in [3.05, 3.63) is 29.8 Å². The molecule has 1 aliphatic rings. The van der Waals surface area contributed by atoms with Crippen molar-refractivity contribution < 1.29 is 4.52 Å². The summed E-state index contributed by atoms with van der Waals surface area (Å²) in [6, 6.07) is 3.85. The predicted octanol–water partition coefficient (Wildman–Crippen LogP) is 1.91. The predicted molar refractivity (Wildman–Crippen MR) is 67.1 cm³/mol. The summed E-state index contributed by atoms with van der Waals surface area (Å²) in [5, 5.41) is 7.45. The molecule has 0 unspecified atom stereocenters. The zero-order valence-electron chi connectivity index (χ0n) is 10.4. The molecule has 1 saturated heterocycles. The third kappa shape index (κ3) is 2.13. The smallest absolute Gasteiger partial charge is 0.259 e. The molecule has 1 N–H and O–H groups in total. The molecule has 18 heavy (non-hydrogen) atoms. The molecule has 1 aliphatic heterocycles. The van der Waals surface area contributed by atoms with Gasteiger partial charge in [-0.05, 0) is 45.0 Å². The van der Waals surface area contributed by atoms with Crippen LogP contribution in [0.1, 0.15) is 30.3 Å². The quantitative estimate of drug-likeness (QED) is 0.874. The summed E-state index contributed by atoms with van der Waals surface area (Å²) >= 11 is 0. The highest BCUT2D eigenvalue weighted by Crippen LogP contribution is 2.26. The second kappa shape index (κ2) is 4.86. The molecule has 3 heterocycles. The highest BCUT2D eigenvalue weighted by atomic mass is 16.5. The fraction of sp³-hybridized carbons (Fsp3) is 0.462. The Bertz CT molecular complexity index is 531. The van der Waals surface area contributed by atoms with Crippen LogP contribution in [0.5, 0.6) is 0 Å². The van der Waals surface area contributed by atoms with Crippen LogP contribution in [0.3, 0.4) is 0 Å². The molecule has 0 aliphatic carbocycles. The van der Waals surface area contributed by atoms with E-state index in [2.05, 4.69) is 20.4 Å². The zero-order chi connectivity index (χ0) is 12.4. The number of nitrogens with zero attached hydrogens (tertiary/aromatic N) is 3. The molecule has 5 heteroatoms. The van der Waals surface area contributed by atoms with Crippen molar-refractivity contribution in [2.24, 2.45) is 0 Å². The van der Waals surface area contributed by atoms with Gasteiger partial charge >= 0.3 is 0 Å². The number of piperidine rings is 1. The highest BCUT2D eigenvalue weighted by molar-refractivity contribution is 5.55. The third-order valence-corrected chi connectivity index (χ3v) is 3.38. The Morgan fingerprint density at radius 3 is 2.94 bits per heavy atom. The number of hydrogen-bond donors (Lipinski definition) is 1. The van der Waals surface area contributed by atoms with Crippen molar-refractivity contribution in [3.8, 4) is 11.5 Å². The molecule has 0 atom stereocenters. The average molecular weight is 244 g/mol. The van der Waals surface area contributed by atoms with E-state index in [1.54, 1.807) is 6.20 Å². The van der Waals surface area contributed by atoms with Gasteiger partial charge in [0.05, 0.1) is 5.56 Å². The highest BCUT2D eigenvalue weighted by Gasteiger charge is 2.21. The minimum atomic E-state index is 0.417. The van der Waals surface area contributed by atoms with Gasteiger partial charge in [0.1, 0.15) is 0 Å². The summed E-state index contributed by atoms with van der Waals surface area (Å²) in [7, 11) is 0. The lowest BCUT2D eigenvalue weighted by atomic mass is 9.98. The molecule has 0 saturated carbocycles. The van der Waals surface area contributed by atoms with Crippen molar-refractivity contribution in [2.45, 2.75) is 25.7 Å². The molecule has 0 aromatic carbocycles. The SMILES string of the molecule is Cc1ncccc1-c1nc(C2CCNCC2)no1. The van der Waals surface area contributed by atoms with Crippen LogP contribution in [0.25, 0.3) is 11.5 Å². The number of pyridine rings is 1. The van der Waals surface area contributed by atoms with Gasteiger partial charge in [0.25, 0.3) is 5.89 Å². The summed E-state index contributed by atoms with van der Waals surface area (Å²) in [6.45, 7) is 4.00. The first-order chi connectivity index (χ1) is 8.84. The number of aromatic nitrogens is 3.